The van der Waals surface area contributed by atoms with Gasteiger partial charge in [0, 0.05) is 25.3 Å². The van der Waals surface area contributed by atoms with Crippen molar-refractivity contribution in [3.8, 4) is 0 Å². The van der Waals surface area contributed by atoms with Gasteiger partial charge in [-0.05, 0) is 17.5 Å². The molecule has 6 N–H and O–H groups in total. The van der Waals surface area contributed by atoms with E-state index in [4.69, 9.17) is 11.1 Å². The zero-order chi connectivity index (χ0) is 29.6. The van der Waals surface area contributed by atoms with E-state index in [0.717, 1.165) is 6.92 Å². The Morgan fingerprint density at radius 1 is 1.05 bits per heavy atom. The molecule has 3 rings (SSSR count). The Kier molecular flexibility index (Phi) is 9.33. The lowest BCUT2D eigenvalue weighted by atomic mass is 9.97. The minimum Gasteiger partial charge on any atom is -0.481 e. The molecule has 0 bridgehead atoms. The largest absolute Gasteiger partial charge is 0.481 e. The summed E-state index contributed by atoms with van der Waals surface area (Å²) in [4.78, 5) is 75.7. The number of imide groups is 1. The highest BCUT2D eigenvalue weighted by Crippen LogP contribution is 2.27. The Morgan fingerprint density at radius 2 is 1.68 bits per heavy atom. The number of hydrazine groups is 1. The molecular weight excluding hydrogens is 522 g/mol. The van der Waals surface area contributed by atoms with Crippen LogP contribution in [0.1, 0.15) is 36.5 Å². The standard InChI is InChI=1S/C27H29N5O8/c1-15(33)31(32-22(34)13-19(26(32)38)11-17-7-9-18(10-8-17)24(28)29)21(14-23(35)36)25(37)30-20(27(39)40)12-16-5-3-2-4-6-16/h2-10,19-21H,11-14H2,1H3,(H3,28,29)(H,30,37)(H,35,36)(H,39,40)/t19?,20-,21-/m0/s1. The maximum Gasteiger partial charge on any atom is 0.326 e. The topological polar surface area (TPSA) is 211 Å². The van der Waals surface area contributed by atoms with Gasteiger partial charge in [0.1, 0.15) is 17.9 Å². The number of aliphatic carboxylic acids is 2. The number of benzene rings is 2. The fourth-order valence-electron chi connectivity index (χ4n) is 4.44. The highest BCUT2D eigenvalue weighted by molar-refractivity contribution is 6.05. The number of carbonyl (C=O) groups excluding carboxylic acids is 4. The molecule has 1 aliphatic rings. The normalized spacial score (nSPS) is 16.2. The molecule has 0 radical (unpaired) electrons. The van der Waals surface area contributed by atoms with Crippen molar-refractivity contribution >= 4 is 41.4 Å². The molecular formula is C27H29N5O8. The summed E-state index contributed by atoms with van der Waals surface area (Å²) in [5.74, 6) is -7.68. The SMILES string of the molecule is CC(=O)N([C@@H](CC(=O)O)C(=O)N[C@@H](Cc1ccccc1)C(=O)O)N1C(=O)CC(Cc2ccc(C(=N)N)cc2)C1=O. The number of rotatable bonds is 12. The predicted molar refractivity (Wildman–Crippen MR) is 139 cm³/mol. The lowest BCUT2D eigenvalue weighted by Crippen LogP contribution is -2.60. The third-order valence-electron chi connectivity index (χ3n) is 6.36. The van der Waals surface area contributed by atoms with Crippen molar-refractivity contribution in [1.82, 2.24) is 15.3 Å². The van der Waals surface area contributed by atoms with Gasteiger partial charge in [0.25, 0.3) is 5.91 Å². The molecule has 3 atom stereocenters. The fraction of sp³-hybridized carbons (Fsp3) is 0.296. The molecule has 2 aromatic rings. The van der Waals surface area contributed by atoms with Crippen molar-refractivity contribution in [2.75, 3.05) is 0 Å². The van der Waals surface area contributed by atoms with Crippen LogP contribution in [0.3, 0.4) is 0 Å². The van der Waals surface area contributed by atoms with Gasteiger partial charge in [-0.15, -0.1) is 0 Å². The van der Waals surface area contributed by atoms with E-state index in [0.29, 0.717) is 26.7 Å². The quantitative estimate of drug-likeness (QED) is 0.139. The number of carboxylic acid groups (broad SMARTS) is 2. The summed E-state index contributed by atoms with van der Waals surface area (Å²) >= 11 is 0. The van der Waals surface area contributed by atoms with Gasteiger partial charge in [0.2, 0.25) is 17.7 Å². The Morgan fingerprint density at radius 3 is 2.20 bits per heavy atom. The average molecular weight is 552 g/mol. The Hall–Kier alpha value is -5.07. The lowest BCUT2D eigenvalue weighted by molar-refractivity contribution is -0.176. The Labute approximate surface area is 229 Å². The molecule has 4 amide bonds. The van der Waals surface area contributed by atoms with Gasteiger partial charge in [0.15, 0.2) is 0 Å². The van der Waals surface area contributed by atoms with E-state index in [2.05, 4.69) is 5.32 Å². The summed E-state index contributed by atoms with van der Waals surface area (Å²) in [5.41, 5.74) is 7.15. The number of amidine groups is 1. The third-order valence-corrected chi connectivity index (χ3v) is 6.36. The van der Waals surface area contributed by atoms with Crippen LogP contribution < -0.4 is 11.1 Å². The smallest absolute Gasteiger partial charge is 0.326 e. The zero-order valence-electron chi connectivity index (χ0n) is 21.6. The number of carboxylic acids is 2. The molecule has 210 valence electrons. The summed E-state index contributed by atoms with van der Waals surface area (Å²) in [5, 5.41) is 29.8. The fourth-order valence-corrected chi connectivity index (χ4v) is 4.44. The van der Waals surface area contributed by atoms with Crippen LogP contribution in [-0.4, -0.2) is 73.7 Å². The summed E-state index contributed by atoms with van der Waals surface area (Å²) in [6, 6.07) is 11.5. The molecule has 0 saturated carbocycles. The van der Waals surface area contributed by atoms with Gasteiger partial charge in [-0.1, -0.05) is 54.6 Å². The lowest BCUT2D eigenvalue weighted by Gasteiger charge is -2.35. The summed E-state index contributed by atoms with van der Waals surface area (Å²) < 4.78 is 0. The number of amides is 4. The molecule has 13 nitrogen and oxygen atoms in total. The summed E-state index contributed by atoms with van der Waals surface area (Å²) in [7, 11) is 0. The average Bonchev–Trinajstić information content (AvgIpc) is 3.16. The molecule has 0 aliphatic carbocycles. The van der Waals surface area contributed by atoms with Crippen molar-refractivity contribution in [3.63, 3.8) is 0 Å². The van der Waals surface area contributed by atoms with Gasteiger partial charge in [-0.2, -0.15) is 5.01 Å². The van der Waals surface area contributed by atoms with Crippen LogP contribution in [0.4, 0.5) is 0 Å². The third kappa shape index (κ3) is 7.07. The van der Waals surface area contributed by atoms with Crippen molar-refractivity contribution in [1.29, 1.82) is 5.41 Å². The van der Waals surface area contributed by atoms with Gasteiger partial charge >= 0.3 is 11.9 Å². The molecule has 1 heterocycles. The van der Waals surface area contributed by atoms with Gasteiger partial charge in [-0.3, -0.25) is 29.4 Å². The number of nitrogens with zero attached hydrogens (tertiary/aromatic N) is 2. The van der Waals surface area contributed by atoms with Crippen LogP contribution >= 0.6 is 0 Å². The van der Waals surface area contributed by atoms with Crippen LogP contribution in [-0.2, 0) is 41.6 Å². The minimum absolute atomic E-state index is 0.0962. The molecule has 0 spiro atoms. The van der Waals surface area contributed by atoms with Crippen molar-refractivity contribution in [3.05, 3.63) is 71.3 Å². The summed E-state index contributed by atoms with van der Waals surface area (Å²) in [6.07, 6.45) is -1.33. The number of hydrogen-bond acceptors (Lipinski definition) is 7. The first-order valence-corrected chi connectivity index (χ1v) is 12.3. The monoisotopic (exact) mass is 551 g/mol. The predicted octanol–water partition coefficient (Wildman–Crippen LogP) is 0.307. The number of nitrogens with one attached hydrogen (secondary N) is 2. The van der Waals surface area contributed by atoms with Crippen LogP contribution in [0.5, 0.6) is 0 Å². The Bertz CT molecular complexity index is 1330. The zero-order valence-corrected chi connectivity index (χ0v) is 21.6. The first kappa shape index (κ1) is 29.5. The van der Waals surface area contributed by atoms with Crippen LogP contribution in [0.15, 0.2) is 54.6 Å². The van der Waals surface area contributed by atoms with Gasteiger partial charge in [0.05, 0.1) is 12.3 Å². The molecule has 1 unspecified atom stereocenters. The molecule has 0 aromatic heterocycles. The van der Waals surface area contributed by atoms with Crippen LogP contribution in [0, 0.1) is 11.3 Å². The number of nitrogen functional groups attached to an aromatic ring is 1. The molecule has 40 heavy (non-hydrogen) atoms. The second kappa shape index (κ2) is 12.7. The molecule has 1 aliphatic heterocycles. The van der Waals surface area contributed by atoms with E-state index in [1.165, 1.54) is 0 Å². The minimum atomic E-state index is -1.88. The van der Waals surface area contributed by atoms with Crippen molar-refractivity contribution in [2.24, 2.45) is 11.7 Å². The number of hydrogen-bond donors (Lipinski definition) is 5. The molecule has 1 saturated heterocycles. The highest BCUT2D eigenvalue weighted by atomic mass is 16.4. The second-order valence-electron chi connectivity index (χ2n) is 9.33. The first-order chi connectivity index (χ1) is 18.9. The number of carbonyl (C=O) groups is 6. The van der Waals surface area contributed by atoms with Crippen LogP contribution in [0.25, 0.3) is 0 Å². The number of nitrogens with two attached hydrogens (primary N) is 1. The van der Waals surface area contributed by atoms with E-state index in [-0.39, 0.29) is 25.1 Å². The maximum absolute atomic E-state index is 13.3. The van der Waals surface area contributed by atoms with E-state index < -0.39 is 60.0 Å². The second-order valence-corrected chi connectivity index (χ2v) is 9.33. The molecule has 1 fully saturated rings. The van der Waals surface area contributed by atoms with E-state index >= 15 is 0 Å². The maximum atomic E-state index is 13.3. The molecule has 2 aromatic carbocycles. The van der Waals surface area contributed by atoms with E-state index in [1.54, 1.807) is 54.6 Å². The summed E-state index contributed by atoms with van der Waals surface area (Å²) in [6.45, 7) is 0.967. The van der Waals surface area contributed by atoms with Crippen LogP contribution in [0.2, 0.25) is 0 Å². The van der Waals surface area contributed by atoms with Crippen molar-refractivity contribution < 1.29 is 39.0 Å². The first-order valence-electron chi connectivity index (χ1n) is 12.3. The highest BCUT2D eigenvalue weighted by Gasteiger charge is 2.47. The van der Waals surface area contributed by atoms with Gasteiger partial charge in [-0.25, -0.2) is 9.80 Å². The van der Waals surface area contributed by atoms with Gasteiger partial charge < -0.3 is 21.3 Å². The molecule has 13 heteroatoms. The van der Waals surface area contributed by atoms with E-state index in [9.17, 15) is 39.0 Å². The van der Waals surface area contributed by atoms with E-state index in [1.807, 2.05) is 0 Å². The Balaban J connectivity index is 1.85. The van der Waals surface area contributed by atoms with Crippen molar-refractivity contribution in [2.45, 2.75) is 44.7 Å².